The SMILES string of the molecule is Oc1ccc([C@H]2CCCCN2)c2ccccc12. The Morgan fingerprint density at radius 3 is 2.59 bits per heavy atom. The lowest BCUT2D eigenvalue weighted by Crippen LogP contribution is -2.26. The largest absolute Gasteiger partial charge is 0.507 e. The maximum absolute atomic E-state index is 9.87. The molecule has 1 atom stereocenters. The van der Waals surface area contributed by atoms with Crippen LogP contribution in [0.5, 0.6) is 5.75 Å². The lowest BCUT2D eigenvalue weighted by atomic mass is 9.93. The van der Waals surface area contributed by atoms with Crippen molar-refractivity contribution in [3.63, 3.8) is 0 Å². The topological polar surface area (TPSA) is 32.3 Å². The first-order valence-corrected chi connectivity index (χ1v) is 6.30. The smallest absolute Gasteiger partial charge is 0.123 e. The van der Waals surface area contributed by atoms with Gasteiger partial charge in [-0.3, -0.25) is 0 Å². The first kappa shape index (κ1) is 10.6. The van der Waals surface area contributed by atoms with Crippen LogP contribution in [0.4, 0.5) is 0 Å². The van der Waals surface area contributed by atoms with E-state index >= 15 is 0 Å². The molecule has 2 N–H and O–H groups in total. The predicted molar refractivity (Wildman–Crippen MR) is 70.2 cm³/mol. The molecule has 2 aromatic carbocycles. The van der Waals surface area contributed by atoms with Gasteiger partial charge >= 0.3 is 0 Å². The quantitative estimate of drug-likeness (QED) is 0.783. The Labute approximate surface area is 101 Å². The number of fused-ring (bicyclic) bond motifs is 1. The zero-order valence-corrected chi connectivity index (χ0v) is 9.82. The summed E-state index contributed by atoms with van der Waals surface area (Å²) >= 11 is 0. The second-order valence-electron chi connectivity index (χ2n) is 4.72. The summed E-state index contributed by atoms with van der Waals surface area (Å²) in [6.07, 6.45) is 3.74. The number of phenols is 1. The van der Waals surface area contributed by atoms with Crippen molar-refractivity contribution in [2.45, 2.75) is 25.3 Å². The van der Waals surface area contributed by atoms with Gasteiger partial charge in [0.2, 0.25) is 0 Å². The molecule has 0 unspecified atom stereocenters. The average molecular weight is 227 g/mol. The summed E-state index contributed by atoms with van der Waals surface area (Å²) in [6.45, 7) is 1.10. The number of hydrogen-bond acceptors (Lipinski definition) is 2. The third kappa shape index (κ3) is 1.89. The van der Waals surface area contributed by atoms with Gasteiger partial charge in [-0.1, -0.05) is 36.8 Å². The Kier molecular flexibility index (Phi) is 2.73. The van der Waals surface area contributed by atoms with Gasteiger partial charge in [0.25, 0.3) is 0 Å². The Morgan fingerprint density at radius 1 is 1.00 bits per heavy atom. The first-order chi connectivity index (χ1) is 8.36. The molecule has 0 amide bonds. The van der Waals surface area contributed by atoms with E-state index in [0.717, 1.165) is 11.9 Å². The highest BCUT2D eigenvalue weighted by Crippen LogP contribution is 2.33. The molecule has 0 bridgehead atoms. The highest BCUT2D eigenvalue weighted by molar-refractivity contribution is 5.91. The molecule has 88 valence electrons. The van der Waals surface area contributed by atoms with E-state index in [-0.39, 0.29) is 0 Å². The van der Waals surface area contributed by atoms with Gasteiger partial charge in [-0.05, 0) is 36.4 Å². The van der Waals surface area contributed by atoms with E-state index in [1.165, 1.54) is 30.2 Å². The van der Waals surface area contributed by atoms with E-state index in [1.807, 2.05) is 24.3 Å². The molecule has 1 heterocycles. The molecular formula is C15H17NO. The molecule has 1 saturated heterocycles. The lowest BCUT2D eigenvalue weighted by molar-refractivity contribution is 0.414. The monoisotopic (exact) mass is 227 g/mol. The number of phenolic OH excluding ortho intramolecular Hbond substituents is 1. The molecule has 2 aromatic rings. The summed E-state index contributed by atoms with van der Waals surface area (Å²) in [5.74, 6) is 0.375. The Morgan fingerprint density at radius 2 is 1.82 bits per heavy atom. The fraction of sp³-hybridized carbons (Fsp3) is 0.333. The number of hydrogen-bond donors (Lipinski definition) is 2. The van der Waals surface area contributed by atoms with Crippen molar-refractivity contribution in [1.29, 1.82) is 0 Å². The van der Waals surface area contributed by atoms with Gasteiger partial charge in [-0.2, -0.15) is 0 Å². The van der Waals surface area contributed by atoms with Crippen LogP contribution in [0.3, 0.4) is 0 Å². The minimum atomic E-state index is 0.375. The van der Waals surface area contributed by atoms with E-state index in [2.05, 4.69) is 17.4 Å². The van der Waals surface area contributed by atoms with Gasteiger partial charge in [0.05, 0.1) is 0 Å². The van der Waals surface area contributed by atoms with E-state index in [9.17, 15) is 5.11 Å². The molecule has 2 nitrogen and oxygen atoms in total. The maximum atomic E-state index is 9.87. The Balaban J connectivity index is 2.12. The Hall–Kier alpha value is -1.54. The molecule has 0 aliphatic carbocycles. The zero-order valence-electron chi connectivity index (χ0n) is 9.82. The van der Waals surface area contributed by atoms with Gasteiger partial charge in [0.15, 0.2) is 0 Å². The molecule has 3 rings (SSSR count). The van der Waals surface area contributed by atoms with Crippen LogP contribution in [-0.2, 0) is 0 Å². The fourth-order valence-corrected chi connectivity index (χ4v) is 2.73. The fourth-order valence-electron chi connectivity index (χ4n) is 2.73. The van der Waals surface area contributed by atoms with Crippen LogP contribution in [0.15, 0.2) is 36.4 Å². The van der Waals surface area contributed by atoms with Gasteiger partial charge in [-0.15, -0.1) is 0 Å². The standard InChI is InChI=1S/C15H17NO/c17-15-9-8-12(14-7-3-4-10-16-14)11-5-1-2-6-13(11)15/h1-2,5-6,8-9,14,16-17H,3-4,7,10H2/t14-/m1/s1. The van der Waals surface area contributed by atoms with Crippen molar-refractivity contribution in [3.8, 4) is 5.75 Å². The predicted octanol–water partition coefficient (Wildman–Crippen LogP) is 3.36. The van der Waals surface area contributed by atoms with E-state index in [1.54, 1.807) is 0 Å². The van der Waals surface area contributed by atoms with E-state index in [4.69, 9.17) is 0 Å². The summed E-state index contributed by atoms with van der Waals surface area (Å²) in [5.41, 5.74) is 1.32. The van der Waals surface area contributed by atoms with E-state index < -0.39 is 0 Å². The Bertz CT molecular complexity index is 529. The maximum Gasteiger partial charge on any atom is 0.123 e. The van der Waals surface area contributed by atoms with Crippen molar-refractivity contribution in [1.82, 2.24) is 5.32 Å². The van der Waals surface area contributed by atoms with Crippen LogP contribution in [0.25, 0.3) is 10.8 Å². The molecule has 0 aromatic heterocycles. The van der Waals surface area contributed by atoms with Gasteiger partial charge in [0, 0.05) is 11.4 Å². The molecular weight excluding hydrogens is 210 g/mol. The minimum Gasteiger partial charge on any atom is -0.507 e. The molecule has 1 aliphatic rings. The first-order valence-electron chi connectivity index (χ1n) is 6.30. The number of benzene rings is 2. The normalized spacial score (nSPS) is 20.6. The minimum absolute atomic E-state index is 0.375. The molecule has 17 heavy (non-hydrogen) atoms. The summed E-state index contributed by atoms with van der Waals surface area (Å²) < 4.78 is 0. The second kappa shape index (κ2) is 4.38. The van der Waals surface area contributed by atoms with Gasteiger partial charge < -0.3 is 10.4 Å². The lowest BCUT2D eigenvalue weighted by Gasteiger charge is -2.25. The second-order valence-corrected chi connectivity index (χ2v) is 4.72. The summed E-state index contributed by atoms with van der Waals surface area (Å²) in [4.78, 5) is 0. The highest BCUT2D eigenvalue weighted by Gasteiger charge is 2.17. The molecule has 2 heteroatoms. The van der Waals surface area contributed by atoms with Crippen molar-refractivity contribution in [2.75, 3.05) is 6.54 Å². The highest BCUT2D eigenvalue weighted by atomic mass is 16.3. The van der Waals surface area contributed by atoms with Crippen LogP contribution in [0.1, 0.15) is 30.9 Å². The number of rotatable bonds is 1. The average Bonchev–Trinajstić information content (AvgIpc) is 2.41. The number of aromatic hydroxyl groups is 1. The third-order valence-corrected chi connectivity index (χ3v) is 3.62. The third-order valence-electron chi connectivity index (χ3n) is 3.62. The van der Waals surface area contributed by atoms with Crippen molar-refractivity contribution < 1.29 is 5.11 Å². The van der Waals surface area contributed by atoms with E-state index in [0.29, 0.717) is 11.8 Å². The zero-order chi connectivity index (χ0) is 11.7. The van der Waals surface area contributed by atoms with Crippen LogP contribution in [0.2, 0.25) is 0 Å². The summed E-state index contributed by atoms with van der Waals surface area (Å²) in [6, 6.07) is 12.4. The van der Waals surface area contributed by atoms with Crippen LogP contribution in [-0.4, -0.2) is 11.7 Å². The summed E-state index contributed by atoms with van der Waals surface area (Å²) in [7, 11) is 0. The van der Waals surface area contributed by atoms with Crippen LogP contribution < -0.4 is 5.32 Å². The molecule has 0 saturated carbocycles. The molecule has 0 radical (unpaired) electrons. The van der Waals surface area contributed by atoms with Crippen molar-refractivity contribution >= 4 is 10.8 Å². The van der Waals surface area contributed by atoms with Crippen molar-refractivity contribution in [2.24, 2.45) is 0 Å². The summed E-state index contributed by atoms with van der Waals surface area (Å²) in [5, 5.41) is 15.6. The molecule has 0 spiro atoms. The van der Waals surface area contributed by atoms with Gasteiger partial charge in [0.1, 0.15) is 5.75 Å². The number of nitrogens with one attached hydrogen (secondary N) is 1. The van der Waals surface area contributed by atoms with Gasteiger partial charge in [-0.25, -0.2) is 0 Å². The number of piperidine rings is 1. The van der Waals surface area contributed by atoms with Crippen LogP contribution >= 0.6 is 0 Å². The van der Waals surface area contributed by atoms with Crippen LogP contribution in [0, 0.1) is 0 Å². The molecule has 1 aliphatic heterocycles. The molecule has 1 fully saturated rings. The van der Waals surface area contributed by atoms with Crippen molar-refractivity contribution in [3.05, 3.63) is 42.0 Å².